The van der Waals surface area contributed by atoms with Gasteiger partial charge in [0.2, 0.25) is 0 Å². The van der Waals surface area contributed by atoms with Crippen LogP contribution in [-0.4, -0.2) is 29.6 Å². The van der Waals surface area contributed by atoms with Crippen LogP contribution < -0.4 is 4.74 Å². The largest absolute Gasteiger partial charge is 0.493 e. The highest BCUT2D eigenvalue weighted by Crippen LogP contribution is 2.49. The summed E-state index contributed by atoms with van der Waals surface area (Å²) in [6, 6.07) is 5.19. The van der Waals surface area contributed by atoms with E-state index in [1.807, 2.05) is 6.92 Å². The van der Waals surface area contributed by atoms with E-state index in [4.69, 9.17) is 16.3 Å². The summed E-state index contributed by atoms with van der Waals surface area (Å²) < 4.78 is 5.55. The molecule has 1 aromatic rings. The predicted octanol–water partition coefficient (Wildman–Crippen LogP) is 3.27. The maximum atomic E-state index is 12.7. The number of hydrogen-bond donors (Lipinski definition) is 0. The molecular formula is C19H19ClN2O3. The van der Waals surface area contributed by atoms with Gasteiger partial charge in [0, 0.05) is 10.6 Å². The highest BCUT2D eigenvalue weighted by molar-refractivity contribution is 6.30. The molecule has 0 spiro atoms. The predicted molar refractivity (Wildman–Crippen MR) is 94.4 cm³/mol. The zero-order valence-electron chi connectivity index (χ0n) is 13.9. The van der Waals surface area contributed by atoms with Gasteiger partial charge >= 0.3 is 0 Å². The number of halogens is 1. The first-order chi connectivity index (χ1) is 12.1. The summed E-state index contributed by atoms with van der Waals surface area (Å²) >= 11 is 6.04. The van der Waals surface area contributed by atoms with Crippen molar-refractivity contribution in [2.24, 2.45) is 28.8 Å². The normalized spacial score (nSPS) is 30.4. The monoisotopic (exact) mass is 358 g/mol. The number of allylic oxidation sites excluding steroid dienone is 2. The van der Waals surface area contributed by atoms with E-state index in [2.05, 4.69) is 17.3 Å². The van der Waals surface area contributed by atoms with E-state index in [1.54, 1.807) is 18.2 Å². The van der Waals surface area contributed by atoms with Crippen LogP contribution in [0.25, 0.3) is 0 Å². The molecule has 0 N–H and O–H groups in total. The molecule has 1 aromatic carbocycles. The number of hydrogen-bond acceptors (Lipinski definition) is 4. The van der Waals surface area contributed by atoms with E-state index in [0.29, 0.717) is 22.9 Å². The smallest absolute Gasteiger partial charge is 0.254 e. The van der Waals surface area contributed by atoms with Gasteiger partial charge in [0.25, 0.3) is 11.8 Å². The lowest BCUT2D eigenvalue weighted by molar-refractivity contribution is -0.140. The number of nitrogens with zero attached hydrogens (tertiary/aromatic N) is 2. The molecule has 1 saturated heterocycles. The first-order valence-corrected chi connectivity index (χ1v) is 9.00. The average molecular weight is 359 g/mol. The Bertz CT molecular complexity index is 757. The second kappa shape index (κ2) is 6.30. The Kier molecular flexibility index (Phi) is 4.12. The van der Waals surface area contributed by atoms with Gasteiger partial charge in [-0.3, -0.25) is 9.59 Å². The molecule has 2 fully saturated rings. The number of imide groups is 1. The Morgan fingerprint density at radius 2 is 1.84 bits per heavy atom. The molecule has 2 amide bonds. The summed E-state index contributed by atoms with van der Waals surface area (Å²) in [5, 5.41) is 5.79. The highest BCUT2D eigenvalue weighted by atomic mass is 35.5. The summed E-state index contributed by atoms with van der Waals surface area (Å²) in [4.78, 5) is 25.5. The van der Waals surface area contributed by atoms with Crippen LogP contribution >= 0.6 is 11.6 Å². The van der Waals surface area contributed by atoms with Crippen molar-refractivity contribution in [3.05, 3.63) is 40.9 Å². The van der Waals surface area contributed by atoms with E-state index in [0.717, 1.165) is 17.9 Å². The molecule has 6 heteroatoms. The van der Waals surface area contributed by atoms with Gasteiger partial charge in [-0.15, -0.1) is 0 Å². The fraction of sp³-hybridized carbons (Fsp3) is 0.421. The van der Waals surface area contributed by atoms with Gasteiger partial charge in [-0.2, -0.15) is 10.1 Å². The molecule has 5 nitrogen and oxygen atoms in total. The lowest BCUT2D eigenvalue weighted by Gasteiger charge is -2.37. The molecule has 1 aliphatic heterocycles. The van der Waals surface area contributed by atoms with E-state index in [1.165, 1.54) is 6.21 Å². The Labute approximate surface area is 151 Å². The summed E-state index contributed by atoms with van der Waals surface area (Å²) in [7, 11) is 0. The summed E-state index contributed by atoms with van der Waals surface area (Å²) in [6.45, 7) is 2.39. The third kappa shape index (κ3) is 2.67. The molecule has 1 heterocycles. The van der Waals surface area contributed by atoms with Gasteiger partial charge < -0.3 is 4.74 Å². The van der Waals surface area contributed by atoms with Gasteiger partial charge in [-0.05, 0) is 49.8 Å². The number of benzene rings is 1. The van der Waals surface area contributed by atoms with Crippen LogP contribution in [0, 0.1) is 23.7 Å². The SMILES string of the molecule is CCOc1ccc(Cl)cc1/C=N\N1C(=O)[C@@H]2[C@@H](C1=O)[C@H]1C=C[C@@H]2CC1. The molecule has 1 saturated carbocycles. The topological polar surface area (TPSA) is 59.0 Å². The van der Waals surface area contributed by atoms with Crippen LogP contribution in [0.2, 0.25) is 5.02 Å². The van der Waals surface area contributed by atoms with Crippen LogP contribution in [0.15, 0.2) is 35.5 Å². The molecular weight excluding hydrogens is 340 g/mol. The standard InChI is InChI=1S/C19H19ClN2O3/c1-2-25-15-8-7-14(20)9-13(15)10-21-22-18(23)16-11-3-4-12(6-5-11)17(16)19(22)24/h3-4,7-12,16-17H,2,5-6H2,1H3/b21-10-/t11-,12+,16-,17-/m0/s1. The zero-order chi connectivity index (χ0) is 17.6. The highest BCUT2D eigenvalue weighted by Gasteiger charge is 2.56. The Morgan fingerprint density at radius 1 is 1.20 bits per heavy atom. The third-order valence-corrected chi connectivity index (χ3v) is 5.56. The van der Waals surface area contributed by atoms with E-state index in [9.17, 15) is 9.59 Å². The fourth-order valence-electron chi connectivity index (χ4n) is 4.20. The Balaban J connectivity index is 1.62. The summed E-state index contributed by atoms with van der Waals surface area (Å²) in [5.41, 5.74) is 0.644. The van der Waals surface area contributed by atoms with Gasteiger partial charge in [-0.1, -0.05) is 23.8 Å². The van der Waals surface area contributed by atoms with Crippen molar-refractivity contribution in [2.75, 3.05) is 6.61 Å². The van der Waals surface area contributed by atoms with Gasteiger partial charge in [-0.25, -0.2) is 0 Å². The molecule has 4 aliphatic rings. The number of fused-ring (bicyclic) bond motifs is 1. The molecule has 0 radical (unpaired) electrons. The summed E-state index contributed by atoms with van der Waals surface area (Å²) in [6.07, 6.45) is 7.62. The second-order valence-corrected chi connectivity index (χ2v) is 7.13. The number of hydrazone groups is 1. The number of carbonyl (C=O) groups excluding carboxylic acids is 2. The number of rotatable bonds is 4. The molecule has 5 rings (SSSR count). The molecule has 4 atom stereocenters. The van der Waals surface area contributed by atoms with Crippen LogP contribution in [0.1, 0.15) is 25.3 Å². The minimum atomic E-state index is -0.251. The quantitative estimate of drug-likeness (QED) is 0.471. The van der Waals surface area contributed by atoms with Gasteiger partial charge in [0.15, 0.2) is 0 Å². The second-order valence-electron chi connectivity index (χ2n) is 6.69. The zero-order valence-corrected chi connectivity index (χ0v) is 14.6. The minimum absolute atomic E-state index is 0.164. The van der Waals surface area contributed by atoms with Crippen LogP contribution in [0.3, 0.4) is 0 Å². The van der Waals surface area contributed by atoms with Crippen molar-refractivity contribution in [3.63, 3.8) is 0 Å². The van der Waals surface area contributed by atoms with E-state index < -0.39 is 0 Å². The van der Waals surface area contributed by atoms with Crippen molar-refractivity contribution in [1.29, 1.82) is 0 Å². The molecule has 0 unspecified atom stereocenters. The number of ether oxygens (including phenoxy) is 1. The maximum absolute atomic E-state index is 12.7. The third-order valence-electron chi connectivity index (χ3n) is 5.32. The Hall–Kier alpha value is -2.14. The first kappa shape index (κ1) is 16.3. The lowest BCUT2D eigenvalue weighted by Crippen LogP contribution is -2.38. The molecule has 25 heavy (non-hydrogen) atoms. The fourth-order valence-corrected chi connectivity index (χ4v) is 4.38. The first-order valence-electron chi connectivity index (χ1n) is 8.62. The van der Waals surface area contributed by atoms with E-state index >= 15 is 0 Å². The van der Waals surface area contributed by atoms with E-state index in [-0.39, 0.29) is 35.5 Å². The average Bonchev–Trinajstić information content (AvgIpc) is 2.89. The van der Waals surface area contributed by atoms with Gasteiger partial charge in [0.05, 0.1) is 24.7 Å². The van der Waals surface area contributed by atoms with Crippen molar-refractivity contribution in [3.8, 4) is 5.75 Å². The molecule has 3 aliphatic carbocycles. The minimum Gasteiger partial charge on any atom is -0.493 e. The van der Waals surface area contributed by atoms with Crippen molar-refractivity contribution in [1.82, 2.24) is 5.01 Å². The molecule has 130 valence electrons. The number of amides is 2. The van der Waals surface area contributed by atoms with Crippen LogP contribution in [0.5, 0.6) is 5.75 Å². The molecule has 2 bridgehead atoms. The van der Waals surface area contributed by atoms with Crippen LogP contribution in [0.4, 0.5) is 0 Å². The van der Waals surface area contributed by atoms with Crippen molar-refractivity contribution < 1.29 is 14.3 Å². The Morgan fingerprint density at radius 3 is 2.40 bits per heavy atom. The molecule has 0 aromatic heterocycles. The van der Waals surface area contributed by atoms with Gasteiger partial charge in [0.1, 0.15) is 5.75 Å². The lowest BCUT2D eigenvalue weighted by atomic mass is 9.63. The van der Waals surface area contributed by atoms with Crippen molar-refractivity contribution >= 4 is 29.6 Å². The van der Waals surface area contributed by atoms with Crippen molar-refractivity contribution in [2.45, 2.75) is 19.8 Å². The number of carbonyl (C=O) groups is 2. The summed E-state index contributed by atoms with van der Waals surface area (Å²) in [5.74, 6) is 0.0660. The maximum Gasteiger partial charge on any atom is 0.254 e. The van der Waals surface area contributed by atoms with Crippen LogP contribution in [-0.2, 0) is 9.59 Å².